The van der Waals surface area contributed by atoms with Crippen LogP contribution in [0, 0.1) is 5.92 Å². The van der Waals surface area contributed by atoms with E-state index in [1.807, 2.05) is 36.4 Å². The van der Waals surface area contributed by atoms with Crippen molar-refractivity contribution in [2.45, 2.75) is 18.9 Å². The summed E-state index contributed by atoms with van der Waals surface area (Å²) < 4.78 is 6.16. The number of benzene rings is 2. The molecule has 1 fully saturated rings. The van der Waals surface area contributed by atoms with Crippen LogP contribution in [0.5, 0.6) is 5.75 Å². The molecule has 2 atom stereocenters. The fraction of sp³-hybridized carbons (Fsp3) is 0.211. The monoisotopic (exact) mass is 399 g/mol. The van der Waals surface area contributed by atoms with E-state index in [0.29, 0.717) is 5.75 Å². The Morgan fingerprint density at radius 3 is 2.60 bits per heavy atom. The van der Waals surface area contributed by atoms with Crippen LogP contribution in [0.25, 0.3) is 0 Å². The maximum Gasteiger partial charge on any atom is 0.324 e. The summed E-state index contributed by atoms with van der Waals surface area (Å²) in [5.41, 5.74) is 1.56. The van der Waals surface area contributed by atoms with Gasteiger partial charge >= 0.3 is 5.97 Å². The Labute approximate surface area is 152 Å². The molecule has 5 nitrogen and oxygen atoms in total. The summed E-state index contributed by atoms with van der Waals surface area (Å²) in [6, 6.07) is 14.5. The second-order valence-corrected chi connectivity index (χ2v) is 7.11. The van der Waals surface area contributed by atoms with Crippen LogP contribution in [0.1, 0.15) is 23.5 Å². The minimum atomic E-state index is -0.969. The summed E-state index contributed by atoms with van der Waals surface area (Å²) in [6.45, 7) is 0.167. The van der Waals surface area contributed by atoms with Crippen LogP contribution in [-0.4, -0.2) is 22.7 Å². The highest BCUT2D eigenvalue weighted by atomic mass is 79.9. The SMILES string of the molecule is O=C1Oc2ccc(Br)cc2C2CC(=O)N(Cc3ccccc3)C(=O)C12. The first-order chi connectivity index (χ1) is 12.0. The van der Waals surface area contributed by atoms with Crippen molar-refractivity contribution in [1.29, 1.82) is 0 Å². The molecule has 2 aliphatic rings. The van der Waals surface area contributed by atoms with E-state index >= 15 is 0 Å². The third-order valence-electron chi connectivity index (χ3n) is 4.65. The molecule has 2 heterocycles. The molecule has 2 aromatic carbocycles. The molecule has 0 saturated carbocycles. The zero-order valence-electron chi connectivity index (χ0n) is 13.1. The molecule has 126 valence electrons. The number of hydrogen-bond acceptors (Lipinski definition) is 4. The first-order valence-electron chi connectivity index (χ1n) is 7.94. The van der Waals surface area contributed by atoms with E-state index < -0.39 is 23.7 Å². The van der Waals surface area contributed by atoms with Crippen LogP contribution in [0.4, 0.5) is 0 Å². The molecule has 2 unspecified atom stereocenters. The van der Waals surface area contributed by atoms with E-state index in [0.717, 1.165) is 15.6 Å². The van der Waals surface area contributed by atoms with Crippen molar-refractivity contribution >= 4 is 33.7 Å². The van der Waals surface area contributed by atoms with Crippen molar-refractivity contribution in [3.63, 3.8) is 0 Å². The number of carbonyl (C=O) groups excluding carboxylic acids is 3. The molecule has 2 aliphatic heterocycles. The van der Waals surface area contributed by atoms with Crippen molar-refractivity contribution in [3.05, 3.63) is 64.1 Å². The minimum absolute atomic E-state index is 0.113. The Hall–Kier alpha value is -2.47. The Kier molecular flexibility index (Phi) is 3.92. The van der Waals surface area contributed by atoms with E-state index in [1.165, 1.54) is 4.90 Å². The summed E-state index contributed by atoms with van der Waals surface area (Å²) in [4.78, 5) is 39.0. The molecule has 25 heavy (non-hydrogen) atoms. The normalized spacial score (nSPS) is 22.3. The molecular weight excluding hydrogens is 386 g/mol. The van der Waals surface area contributed by atoms with Gasteiger partial charge in [-0.3, -0.25) is 19.3 Å². The van der Waals surface area contributed by atoms with E-state index in [1.54, 1.807) is 12.1 Å². The number of ether oxygens (including phenoxy) is 1. The number of piperidine rings is 1. The summed E-state index contributed by atoms with van der Waals surface area (Å²) >= 11 is 3.39. The number of carbonyl (C=O) groups is 3. The number of likely N-dealkylation sites (tertiary alicyclic amines) is 1. The standard InChI is InChI=1S/C19H14BrNO4/c20-12-6-7-15-13(8-12)14-9-16(22)21(10-11-4-2-1-3-5-11)18(23)17(14)19(24)25-15/h1-8,14,17H,9-10H2. The van der Waals surface area contributed by atoms with Gasteiger partial charge in [0.25, 0.3) is 0 Å². The van der Waals surface area contributed by atoms with Gasteiger partial charge < -0.3 is 4.74 Å². The van der Waals surface area contributed by atoms with Crippen LogP contribution < -0.4 is 4.74 Å². The van der Waals surface area contributed by atoms with Crippen LogP contribution in [-0.2, 0) is 20.9 Å². The van der Waals surface area contributed by atoms with Crippen LogP contribution in [0.15, 0.2) is 53.0 Å². The number of rotatable bonds is 2. The zero-order chi connectivity index (χ0) is 17.6. The van der Waals surface area contributed by atoms with Crippen molar-refractivity contribution < 1.29 is 19.1 Å². The quantitative estimate of drug-likeness (QED) is 0.337. The smallest absolute Gasteiger partial charge is 0.324 e. The molecular formula is C19H14BrNO4. The lowest BCUT2D eigenvalue weighted by atomic mass is 9.77. The lowest BCUT2D eigenvalue weighted by molar-refractivity contribution is -0.161. The molecule has 6 heteroatoms. The number of halogens is 1. The number of amides is 2. The molecule has 1 saturated heterocycles. The highest BCUT2D eigenvalue weighted by Gasteiger charge is 2.50. The van der Waals surface area contributed by atoms with Crippen molar-refractivity contribution in [3.8, 4) is 5.75 Å². The van der Waals surface area contributed by atoms with Crippen molar-refractivity contribution in [1.82, 2.24) is 4.90 Å². The molecule has 0 aliphatic carbocycles. The maximum absolute atomic E-state index is 12.9. The van der Waals surface area contributed by atoms with Crippen molar-refractivity contribution in [2.24, 2.45) is 5.92 Å². The average Bonchev–Trinajstić information content (AvgIpc) is 2.60. The average molecular weight is 400 g/mol. The maximum atomic E-state index is 12.9. The van der Waals surface area contributed by atoms with Gasteiger partial charge in [-0.15, -0.1) is 0 Å². The van der Waals surface area contributed by atoms with Gasteiger partial charge in [0.2, 0.25) is 11.8 Å². The van der Waals surface area contributed by atoms with Gasteiger partial charge in [0.15, 0.2) is 0 Å². The van der Waals surface area contributed by atoms with Gasteiger partial charge in [-0.05, 0) is 23.8 Å². The van der Waals surface area contributed by atoms with Gasteiger partial charge in [-0.25, -0.2) is 0 Å². The molecule has 4 rings (SSSR count). The van der Waals surface area contributed by atoms with Crippen LogP contribution in [0.3, 0.4) is 0 Å². The molecule has 0 N–H and O–H groups in total. The molecule has 0 spiro atoms. The number of fused-ring (bicyclic) bond motifs is 3. The number of imide groups is 1. The second-order valence-electron chi connectivity index (χ2n) is 6.20. The van der Waals surface area contributed by atoms with Crippen LogP contribution in [0.2, 0.25) is 0 Å². The molecule has 2 aromatic rings. The summed E-state index contributed by atoms with van der Waals surface area (Å²) in [7, 11) is 0. The van der Waals surface area contributed by atoms with E-state index in [9.17, 15) is 14.4 Å². The second kappa shape index (κ2) is 6.11. The molecule has 0 bridgehead atoms. The van der Waals surface area contributed by atoms with Gasteiger partial charge in [0, 0.05) is 22.4 Å². The van der Waals surface area contributed by atoms with Crippen LogP contribution >= 0.6 is 15.9 Å². The minimum Gasteiger partial charge on any atom is -0.426 e. The third-order valence-corrected chi connectivity index (χ3v) is 5.14. The summed E-state index contributed by atoms with van der Waals surface area (Å²) in [5.74, 6) is -2.36. The first kappa shape index (κ1) is 16.0. The number of hydrogen-bond donors (Lipinski definition) is 0. The summed E-state index contributed by atoms with van der Waals surface area (Å²) in [5, 5.41) is 0. The first-order valence-corrected chi connectivity index (χ1v) is 8.73. The lowest BCUT2D eigenvalue weighted by Gasteiger charge is -2.38. The van der Waals surface area contributed by atoms with E-state index in [4.69, 9.17) is 4.74 Å². The Balaban J connectivity index is 1.68. The molecule has 2 amide bonds. The predicted octanol–water partition coefficient (Wildman–Crippen LogP) is 3.03. The summed E-state index contributed by atoms with van der Waals surface area (Å²) in [6.07, 6.45) is 0.113. The molecule has 0 radical (unpaired) electrons. The fourth-order valence-electron chi connectivity index (χ4n) is 3.44. The van der Waals surface area contributed by atoms with E-state index in [2.05, 4.69) is 15.9 Å². The molecule has 0 aromatic heterocycles. The lowest BCUT2D eigenvalue weighted by Crippen LogP contribution is -2.52. The highest BCUT2D eigenvalue weighted by molar-refractivity contribution is 9.10. The van der Waals surface area contributed by atoms with Gasteiger partial charge in [0.05, 0.1) is 6.54 Å². The Bertz CT molecular complexity index is 880. The zero-order valence-corrected chi connectivity index (χ0v) is 14.7. The Morgan fingerprint density at radius 1 is 1.08 bits per heavy atom. The highest BCUT2D eigenvalue weighted by Crippen LogP contribution is 2.44. The van der Waals surface area contributed by atoms with Gasteiger partial charge in [-0.2, -0.15) is 0 Å². The Morgan fingerprint density at radius 2 is 1.84 bits per heavy atom. The fourth-order valence-corrected chi connectivity index (χ4v) is 3.82. The number of nitrogens with zero attached hydrogens (tertiary/aromatic N) is 1. The van der Waals surface area contributed by atoms with Gasteiger partial charge in [-0.1, -0.05) is 46.3 Å². The third kappa shape index (κ3) is 2.76. The largest absolute Gasteiger partial charge is 0.426 e. The van der Waals surface area contributed by atoms with Gasteiger partial charge in [0.1, 0.15) is 11.7 Å². The predicted molar refractivity (Wildman–Crippen MR) is 92.6 cm³/mol. The van der Waals surface area contributed by atoms with Crippen molar-refractivity contribution in [2.75, 3.05) is 0 Å². The topological polar surface area (TPSA) is 63.7 Å². The number of esters is 1. The van der Waals surface area contributed by atoms with E-state index in [-0.39, 0.29) is 18.9 Å².